The number of rotatable bonds is 5. The van der Waals surface area contributed by atoms with Crippen molar-refractivity contribution in [2.24, 2.45) is 0 Å². The van der Waals surface area contributed by atoms with Crippen molar-refractivity contribution in [1.82, 2.24) is 4.72 Å². The maximum atomic E-state index is 12.5. The number of aliphatic hydroxyl groups is 1. The SMILES string of the molecule is Cc1ccc(C(O)CNS(=O)(=O)c2ccc(C(F)(F)F)cc2)o1. The predicted octanol–water partition coefficient (Wildman–Crippen LogP) is 2.62. The fourth-order valence-corrected chi connectivity index (χ4v) is 2.87. The number of halogens is 3. The first-order valence-electron chi connectivity index (χ1n) is 6.51. The Morgan fingerprint density at radius 1 is 1.17 bits per heavy atom. The van der Waals surface area contributed by atoms with Crippen molar-refractivity contribution in [1.29, 1.82) is 0 Å². The third-order valence-electron chi connectivity index (χ3n) is 3.05. The number of nitrogens with one attached hydrogen (secondary N) is 1. The summed E-state index contributed by atoms with van der Waals surface area (Å²) in [7, 11) is -4.04. The highest BCUT2D eigenvalue weighted by atomic mass is 32.2. The van der Waals surface area contributed by atoms with E-state index in [1.165, 1.54) is 6.07 Å². The van der Waals surface area contributed by atoms with E-state index in [2.05, 4.69) is 4.72 Å². The molecule has 1 atom stereocenters. The van der Waals surface area contributed by atoms with Crippen molar-refractivity contribution < 1.29 is 31.1 Å². The van der Waals surface area contributed by atoms with Gasteiger partial charge >= 0.3 is 6.18 Å². The Hall–Kier alpha value is -1.84. The van der Waals surface area contributed by atoms with E-state index in [0.29, 0.717) is 17.9 Å². The van der Waals surface area contributed by atoms with Gasteiger partial charge in [-0.25, -0.2) is 13.1 Å². The van der Waals surface area contributed by atoms with E-state index < -0.39 is 27.9 Å². The van der Waals surface area contributed by atoms with E-state index in [9.17, 15) is 26.7 Å². The summed E-state index contributed by atoms with van der Waals surface area (Å²) >= 11 is 0. The minimum absolute atomic E-state index is 0.192. The molecule has 0 spiro atoms. The topological polar surface area (TPSA) is 79.5 Å². The fraction of sp³-hybridized carbons (Fsp3) is 0.286. The molecule has 9 heteroatoms. The molecule has 0 aliphatic carbocycles. The second kappa shape index (κ2) is 6.34. The van der Waals surface area contributed by atoms with Gasteiger partial charge in [-0.3, -0.25) is 0 Å². The van der Waals surface area contributed by atoms with E-state index in [4.69, 9.17) is 4.42 Å². The van der Waals surface area contributed by atoms with E-state index >= 15 is 0 Å². The largest absolute Gasteiger partial charge is 0.464 e. The third kappa shape index (κ3) is 4.34. The second-order valence-electron chi connectivity index (χ2n) is 4.84. The Morgan fingerprint density at radius 2 is 1.78 bits per heavy atom. The van der Waals surface area contributed by atoms with Gasteiger partial charge in [0.25, 0.3) is 0 Å². The van der Waals surface area contributed by atoms with Gasteiger partial charge in [-0.2, -0.15) is 13.2 Å². The monoisotopic (exact) mass is 349 g/mol. The highest BCUT2D eigenvalue weighted by Crippen LogP contribution is 2.29. The van der Waals surface area contributed by atoms with Crippen molar-refractivity contribution in [3.05, 3.63) is 53.5 Å². The number of alkyl halides is 3. The predicted molar refractivity (Wildman–Crippen MR) is 75.0 cm³/mol. The molecule has 1 heterocycles. The highest BCUT2D eigenvalue weighted by molar-refractivity contribution is 7.89. The van der Waals surface area contributed by atoms with Crippen molar-refractivity contribution >= 4 is 10.0 Å². The summed E-state index contributed by atoms with van der Waals surface area (Å²) < 4.78 is 68.6. The molecule has 0 radical (unpaired) electrons. The van der Waals surface area contributed by atoms with Crippen LogP contribution in [0.25, 0.3) is 0 Å². The van der Waals surface area contributed by atoms with Crippen molar-refractivity contribution in [3.8, 4) is 0 Å². The lowest BCUT2D eigenvalue weighted by molar-refractivity contribution is -0.137. The molecule has 2 N–H and O–H groups in total. The van der Waals surface area contributed by atoms with Crippen LogP contribution in [-0.4, -0.2) is 20.1 Å². The number of furan rings is 1. The molecule has 1 unspecified atom stereocenters. The Balaban J connectivity index is 2.07. The van der Waals surface area contributed by atoms with Crippen LogP contribution in [0, 0.1) is 6.92 Å². The number of benzene rings is 1. The molecule has 0 aliphatic heterocycles. The molecule has 1 aromatic heterocycles. The maximum Gasteiger partial charge on any atom is 0.416 e. The molecular weight excluding hydrogens is 335 g/mol. The standard InChI is InChI=1S/C14H14F3NO4S/c1-9-2-7-13(22-9)12(19)8-18-23(20,21)11-5-3-10(4-6-11)14(15,16)17/h2-7,12,18-19H,8H2,1H3. The van der Waals surface area contributed by atoms with Crippen LogP contribution in [0.4, 0.5) is 13.2 Å². The minimum atomic E-state index is -4.54. The van der Waals surface area contributed by atoms with Gasteiger partial charge in [-0.1, -0.05) is 0 Å². The summed E-state index contributed by atoms with van der Waals surface area (Å²) in [6.45, 7) is 1.30. The zero-order chi connectivity index (χ0) is 17.3. The fourth-order valence-electron chi connectivity index (χ4n) is 1.83. The summed E-state index contributed by atoms with van der Waals surface area (Å²) in [4.78, 5) is -0.326. The Kier molecular flexibility index (Phi) is 4.83. The lowest BCUT2D eigenvalue weighted by Crippen LogP contribution is -2.28. The van der Waals surface area contributed by atoms with Gasteiger partial charge in [0.05, 0.1) is 10.5 Å². The molecule has 2 rings (SSSR count). The molecule has 2 aromatic rings. The number of aliphatic hydroxyl groups excluding tert-OH is 1. The van der Waals surface area contributed by atoms with Crippen molar-refractivity contribution in [2.45, 2.75) is 24.1 Å². The van der Waals surface area contributed by atoms with Crippen LogP contribution in [0.2, 0.25) is 0 Å². The summed E-state index contributed by atoms with van der Waals surface area (Å²) in [6.07, 6.45) is -5.74. The first-order chi connectivity index (χ1) is 10.6. The van der Waals surface area contributed by atoms with Crippen LogP contribution in [0.1, 0.15) is 23.2 Å². The first-order valence-corrected chi connectivity index (χ1v) is 7.99. The van der Waals surface area contributed by atoms with Gasteiger partial charge in [0.2, 0.25) is 10.0 Å². The zero-order valence-corrected chi connectivity index (χ0v) is 12.8. The maximum absolute atomic E-state index is 12.5. The average Bonchev–Trinajstić information content (AvgIpc) is 2.91. The van der Waals surface area contributed by atoms with Crippen LogP contribution in [0.15, 0.2) is 45.7 Å². The molecule has 5 nitrogen and oxygen atoms in total. The Morgan fingerprint density at radius 3 is 2.26 bits per heavy atom. The van der Waals surface area contributed by atoms with E-state index in [1.807, 2.05) is 0 Å². The molecular formula is C14H14F3NO4S. The van der Waals surface area contributed by atoms with Crippen LogP contribution in [0.5, 0.6) is 0 Å². The van der Waals surface area contributed by atoms with Crippen molar-refractivity contribution in [2.75, 3.05) is 6.54 Å². The molecule has 1 aromatic carbocycles. The minimum Gasteiger partial charge on any atom is -0.464 e. The summed E-state index contributed by atoms with van der Waals surface area (Å²) in [6, 6.07) is 6.19. The average molecular weight is 349 g/mol. The van der Waals surface area contributed by atoms with Crippen LogP contribution >= 0.6 is 0 Å². The normalized spacial score (nSPS) is 14.0. The summed E-state index contributed by atoms with van der Waals surface area (Å²) in [5.74, 6) is 0.752. The smallest absolute Gasteiger partial charge is 0.416 e. The van der Waals surface area contributed by atoms with Crippen LogP contribution in [0.3, 0.4) is 0 Å². The van der Waals surface area contributed by atoms with E-state index in [-0.39, 0.29) is 17.2 Å². The van der Waals surface area contributed by atoms with Crippen LogP contribution < -0.4 is 4.72 Å². The van der Waals surface area contributed by atoms with E-state index in [0.717, 1.165) is 12.1 Å². The first kappa shape index (κ1) is 17.5. The molecule has 0 aliphatic rings. The van der Waals surface area contributed by atoms with Gasteiger partial charge in [0, 0.05) is 6.54 Å². The highest BCUT2D eigenvalue weighted by Gasteiger charge is 2.30. The summed E-state index contributed by atoms with van der Waals surface area (Å²) in [5, 5.41) is 9.83. The van der Waals surface area contributed by atoms with E-state index in [1.54, 1.807) is 13.0 Å². The molecule has 0 saturated heterocycles. The number of hydrogen-bond acceptors (Lipinski definition) is 4. The lowest BCUT2D eigenvalue weighted by atomic mass is 10.2. The number of hydrogen-bond donors (Lipinski definition) is 2. The third-order valence-corrected chi connectivity index (χ3v) is 4.49. The quantitative estimate of drug-likeness (QED) is 0.870. The Labute approximate surface area is 130 Å². The zero-order valence-electron chi connectivity index (χ0n) is 12.0. The molecule has 0 fully saturated rings. The van der Waals surface area contributed by atoms with Crippen LogP contribution in [-0.2, 0) is 16.2 Å². The molecule has 23 heavy (non-hydrogen) atoms. The Bertz CT molecular complexity index is 766. The van der Waals surface area contributed by atoms with Gasteiger partial charge in [-0.15, -0.1) is 0 Å². The molecule has 0 saturated carbocycles. The molecule has 126 valence electrons. The lowest BCUT2D eigenvalue weighted by Gasteiger charge is -2.11. The second-order valence-corrected chi connectivity index (χ2v) is 6.61. The van der Waals surface area contributed by atoms with Gasteiger partial charge in [0.15, 0.2) is 0 Å². The van der Waals surface area contributed by atoms with Gasteiger partial charge in [0.1, 0.15) is 17.6 Å². The van der Waals surface area contributed by atoms with Crippen molar-refractivity contribution in [3.63, 3.8) is 0 Å². The van der Waals surface area contributed by atoms with Gasteiger partial charge in [-0.05, 0) is 43.3 Å². The molecule has 0 amide bonds. The molecule has 0 bridgehead atoms. The number of sulfonamides is 1. The number of aryl methyl sites for hydroxylation is 1. The van der Waals surface area contributed by atoms with Gasteiger partial charge < -0.3 is 9.52 Å². The summed E-state index contributed by atoms with van der Waals surface area (Å²) in [5.41, 5.74) is -0.942.